The van der Waals surface area contributed by atoms with Crippen LogP contribution in [0.1, 0.15) is 23.3 Å². The summed E-state index contributed by atoms with van der Waals surface area (Å²) in [6.45, 7) is 0. The van der Waals surface area contributed by atoms with Gasteiger partial charge in [-0.15, -0.1) is 11.3 Å². The third-order valence-electron chi connectivity index (χ3n) is 3.88. The fraction of sp³-hybridized carbons (Fsp3) is 0.263. The standard InChI is InChI=1S/C19H20OS/c20-17(9-4-10-18-11-5-13-21-18)14-16-8-3-7-15-6-1-2-12-19(15)16/h1-3,5-8,11-13,17,20H,4,9-10,14H2. The molecular formula is C19H20OS. The molecule has 1 N–H and O–H groups in total. The van der Waals surface area contributed by atoms with Crippen LogP contribution in [0.5, 0.6) is 0 Å². The maximum atomic E-state index is 10.3. The number of hydrogen-bond donors (Lipinski definition) is 1. The van der Waals surface area contributed by atoms with Crippen molar-refractivity contribution in [2.24, 2.45) is 0 Å². The first-order chi connectivity index (χ1) is 10.3. The van der Waals surface area contributed by atoms with Crippen LogP contribution in [0.25, 0.3) is 10.8 Å². The molecule has 0 amide bonds. The summed E-state index contributed by atoms with van der Waals surface area (Å²) in [6, 6.07) is 19.0. The Morgan fingerprint density at radius 2 is 1.81 bits per heavy atom. The van der Waals surface area contributed by atoms with Crippen LogP contribution in [-0.2, 0) is 12.8 Å². The minimum absolute atomic E-state index is 0.254. The van der Waals surface area contributed by atoms with Crippen molar-refractivity contribution in [3.63, 3.8) is 0 Å². The molecule has 0 saturated heterocycles. The van der Waals surface area contributed by atoms with Gasteiger partial charge in [-0.1, -0.05) is 48.5 Å². The number of fused-ring (bicyclic) bond motifs is 1. The monoisotopic (exact) mass is 296 g/mol. The lowest BCUT2D eigenvalue weighted by Gasteiger charge is -2.12. The number of thiophene rings is 1. The van der Waals surface area contributed by atoms with E-state index in [2.05, 4.69) is 60.0 Å². The lowest BCUT2D eigenvalue weighted by molar-refractivity contribution is 0.162. The Hall–Kier alpha value is -1.64. The highest BCUT2D eigenvalue weighted by Gasteiger charge is 2.08. The fourth-order valence-corrected chi connectivity index (χ4v) is 3.54. The average Bonchev–Trinajstić information content (AvgIpc) is 3.01. The van der Waals surface area contributed by atoms with E-state index in [4.69, 9.17) is 0 Å². The zero-order valence-electron chi connectivity index (χ0n) is 12.0. The molecule has 1 nitrogen and oxygen atoms in total. The molecule has 2 heteroatoms. The number of rotatable bonds is 6. The molecule has 0 aliphatic heterocycles. The van der Waals surface area contributed by atoms with Gasteiger partial charge in [-0.3, -0.25) is 0 Å². The van der Waals surface area contributed by atoms with Gasteiger partial charge in [-0.2, -0.15) is 0 Å². The number of hydrogen-bond acceptors (Lipinski definition) is 2. The van der Waals surface area contributed by atoms with Crippen molar-refractivity contribution in [1.29, 1.82) is 0 Å². The molecule has 1 aromatic heterocycles. The fourth-order valence-electron chi connectivity index (χ4n) is 2.79. The Morgan fingerprint density at radius 3 is 2.67 bits per heavy atom. The van der Waals surface area contributed by atoms with Gasteiger partial charge in [0.1, 0.15) is 0 Å². The Bertz CT molecular complexity index is 682. The minimum Gasteiger partial charge on any atom is -0.393 e. The molecule has 0 radical (unpaired) electrons. The third-order valence-corrected chi connectivity index (χ3v) is 4.81. The van der Waals surface area contributed by atoms with Crippen molar-refractivity contribution in [2.45, 2.75) is 31.8 Å². The van der Waals surface area contributed by atoms with Crippen molar-refractivity contribution in [2.75, 3.05) is 0 Å². The molecule has 2 aromatic carbocycles. The van der Waals surface area contributed by atoms with Gasteiger partial charge in [-0.25, -0.2) is 0 Å². The van der Waals surface area contributed by atoms with Crippen LogP contribution in [-0.4, -0.2) is 11.2 Å². The molecule has 0 fully saturated rings. The van der Waals surface area contributed by atoms with Gasteiger partial charge >= 0.3 is 0 Å². The van der Waals surface area contributed by atoms with Crippen molar-refractivity contribution in [3.8, 4) is 0 Å². The minimum atomic E-state index is -0.254. The highest BCUT2D eigenvalue weighted by molar-refractivity contribution is 7.09. The number of benzene rings is 2. The van der Waals surface area contributed by atoms with E-state index in [0.29, 0.717) is 0 Å². The van der Waals surface area contributed by atoms with Gasteiger partial charge in [0.2, 0.25) is 0 Å². The second-order valence-electron chi connectivity index (χ2n) is 5.47. The average molecular weight is 296 g/mol. The largest absolute Gasteiger partial charge is 0.393 e. The topological polar surface area (TPSA) is 20.2 Å². The Morgan fingerprint density at radius 1 is 0.952 bits per heavy atom. The van der Waals surface area contributed by atoms with Gasteiger partial charge in [-0.05, 0) is 53.5 Å². The molecule has 1 atom stereocenters. The summed E-state index contributed by atoms with van der Waals surface area (Å²) in [6.07, 6.45) is 3.47. The molecule has 1 heterocycles. The maximum Gasteiger partial charge on any atom is 0.0580 e. The summed E-state index contributed by atoms with van der Waals surface area (Å²) >= 11 is 1.80. The van der Waals surface area contributed by atoms with Crippen LogP contribution in [0.15, 0.2) is 60.0 Å². The lowest BCUT2D eigenvalue weighted by atomic mass is 9.98. The van der Waals surface area contributed by atoms with E-state index in [1.54, 1.807) is 11.3 Å². The molecule has 21 heavy (non-hydrogen) atoms. The summed E-state index contributed by atoms with van der Waals surface area (Å²) in [5.41, 5.74) is 1.25. The van der Waals surface area contributed by atoms with Crippen LogP contribution >= 0.6 is 11.3 Å². The smallest absolute Gasteiger partial charge is 0.0580 e. The predicted octanol–water partition coefficient (Wildman–Crippen LogP) is 4.83. The summed E-state index contributed by atoms with van der Waals surface area (Å²) in [5, 5.41) is 14.9. The summed E-state index contributed by atoms with van der Waals surface area (Å²) in [5.74, 6) is 0. The van der Waals surface area contributed by atoms with Crippen LogP contribution < -0.4 is 0 Å². The lowest BCUT2D eigenvalue weighted by Crippen LogP contribution is -2.11. The zero-order valence-corrected chi connectivity index (χ0v) is 12.9. The third kappa shape index (κ3) is 3.72. The highest BCUT2D eigenvalue weighted by atomic mass is 32.1. The van der Waals surface area contributed by atoms with E-state index in [9.17, 15) is 5.11 Å². The Balaban J connectivity index is 1.59. The van der Waals surface area contributed by atoms with Crippen LogP contribution in [0.4, 0.5) is 0 Å². The molecule has 3 rings (SSSR count). The maximum absolute atomic E-state index is 10.3. The van der Waals surface area contributed by atoms with Gasteiger partial charge in [0.15, 0.2) is 0 Å². The zero-order chi connectivity index (χ0) is 14.5. The second kappa shape index (κ2) is 6.88. The predicted molar refractivity (Wildman–Crippen MR) is 90.9 cm³/mol. The quantitative estimate of drug-likeness (QED) is 0.691. The normalized spacial score (nSPS) is 12.6. The molecule has 108 valence electrons. The van der Waals surface area contributed by atoms with Gasteiger partial charge in [0.05, 0.1) is 6.10 Å². The molecule has 0 aliphatic carbocycles. The molecule has 0 spiro atoms. The van der Waals surface area contributed by atoms with Crippen molar-refractivity contribution in [3.05, 3.63) is 70.4 Å². The molecule has 3 aromatic rings. The Kier molecular flexibility index (Phi) is 4.69. The van der Waals surface area contributed by atoms with Crippen LogP contribution in [0, 0.1) is 0 Å². The van der Waals surface area contributed by atoms with Gasteiger partial charge in [0.25, 0.3) is 0 Å². The van der Waals surface area contributed by atoms with E-state index in [0.717, 1.165) is 25.7 Å². The first-order valence-electron chi connectivity index (χ1n) is 7.50. The molecule has 0 saturated carbocycles. The Labute approximate surface area is 129 Å². The first-order valence-corrected chi connectivity index (χ1v) is 8.38. The van der Waals surface area contributed by atoms with E-state index >= 15 is 0 Å². The van der Waals surface area contributed by atoms with Crippen LogP contribution in [0.2, 0.25) is 0 Å². The van der Waals surface area contributed by atoms with Gasteiger partial charge < -0.3 is 5.11 Å². The first kappa shape index (κ1) is 14.3. The van der Waals surface area contributed by atoms with Crippen molar-refractivity contribution in [1.82, 2.24) is 0 Å². The van der Waals surface area contributed by atoms with E-state index in [1.807, 2.05) is 0 Å². The van der Waals surface area contributed by atoms with E-state index in [-0.39, 0.29) is 6.10 Å². The van der Waals surface area contributed by atoms with Crippen molar-refractivity contribution >= 4 is 22.1 Å². The van der Waals surface area contributed by atoms with Crippen LogP contribution in [0.3, 0.4) is 0 Å². The molecule has 1 unspecified atom stereocenters. The molecule has 0 aliphatic rings. The second-order valence-corrected chi connectivity index (χ2v) is 6.50. The SMILES string of the molecule is OC(CCCc1cccs1)Cc1cccc2ccccc12. The molecular weight excluding hydrogens is 276 g/mol. The summed E-state index contributed by atoms with van der Waals surface area (Å²) in [4.78, 5) is 1.41. The van der Waals surface area contributed by atoms with E-state index in [1.165, 1.54) is 21.2 Å². The van der Waals surface area contributed by atoms with Crippen molar-refractivity contribution < 1.29 is 5.11 Å². The van der Waals surface area contributed by atoms with Gasteiger partial charge in [0, 0.05) is 4.88 Å². The van der Waals surface area contributed by atoms with E-state index < -0.39 is 0 Å². The number of aliphatic hydroxyl groups is 1. The summed E-state index contributed by atoms with van der Waals surface area (Å²) < 4.78 is 0. The highest BCUT2D eigenvalue weighted by Crippen LogP contribution is 2.21. The summed E-state index contributed by atoms with van der Waals surface area (Å²) in [7, 11) is 0. The number of aryl methyl sites for hydroxylation is 1. The molecule has 0 bridgehead atoms. The number of aliphatic hydroxyl groups excluding tert-OH is 1.